The lowest BCUT2D eigenvalue weighted by molar-refractivity contribution is 0.438. The molecule has 0 saturated heterocycles. The first-order chi connectivity index (χ1) is 9.86. The largest absolute Gasteiger partial charge is 0.356 e. The molecule has 0 amide bonds. The maximum absolute atomic E-state index is 4.41. The van der Waals surface area contributed by atoms with E-state index in [-0.39, 0.29) is 24.0 Å². The van der Waals surface area contributed by atoms with Crippen molar-refractivity contribution >= 4 is 35.5 Å². The summed E-state index contributed by atoms with van der Waals surface area (Å²) in [4.78, 5) is 6.75. The average Bonchev–Trinajstić information content (AvgIpc) is 3.34. The monoisotopic (exact) mass is 397 g/mol. The summed E-state index contributed by atoms with van der Waals surface area (Å²) in [6, 6.07) is 10.7. The van der Waals surface area contributed by atoms with Crippen molar-refractivity contribution in [2.45, 2.75) is 19.3 Å². The van der Waals surface area contributed by atoms with Gasteiger partial charge in [-0.25, -0.2) is 0 Å². The summed E-state index contributed by atoms with van der Waals surface area (Å²) in [6.07, 6.45) is 6.18. The quantitative estimate of drug-likeness (QED) is 0.481. The van der Waals surface area contributed by atoms with E-state index in [1.54, 1.807) is 0 Å². The molecule has 1 saturated carbocycles. The van der Waals surface area contributed by atoms with Gasteiger partial charge in [0, 0.05) is 26.7 Å². The molecule has 21 heavy (non-hydrogen) atoms. The highest BCUT2D eigenvalue weighted by Crippen LogP contribution is 2.27. The Bertz CT molecular complexity index is 506. The molecule has 0 radical (unpaired) electrons. The van der Waals surface area contributed by atoms with Crippen LogP contribution in [0.5, 0.6) is 0 Å². The number of benzene rings is 1. The van der Waals surface area contributed by atoms with Crippen molar-refractivity contribution in [3.63, 3.8) is 0 Å². The molecule has 3 rings (SSSR count). The molecule has 114 valence electrons. The molecule has 0 bridgehead atoms. The zero-order valence-corrected chi connectivity index (χ0v) is 14.9. The summed E-state index contributed by atoms with van der Waals surface area (Å²) in [7, 11) is 1.88. The Hall–Kier alpha value is -1.04. The first-order valence-electron chi connectivity index (χ1n) is 7.57. The van der Waals surface area contributed by atoms with Crippen LogP contribution in [0, 0.1) is 5.92 Å². The smallest absolute Gasteiger partial charge is 0.193 e. The first-order valence-corrected chi connectivity index (χ1v) is 7.57. The summed E-state index contributed by atoms with van der Waals surface area (Å²) in [5, 5.41) is 3.50. The Balaban J connectivity index is 0.00000161. The zero-order valence-electron chi connectivity index (χ0n) is 12.6. The number of aliphatic imine (C=N–C) groups is 1. The fourth-order valence-electron chi connectivity index (χ4n) is 2.67. The second-order valence-corrected chi connectivity index (χ2v) is 5.66. The molecule has 0 aromatic heterocycles. The normalized spacial score (nSPS) is 18.8. The van der Waals surface area contributed by atoms with E-state index in [1.807, 2.05) is 7.05 Å². The zero-order chi connectivity index (χ0) is 13.8. The Labute approximate surface area is 144 Å². The summed E-state index contributed by atoms with van der Waals surface area (Å²) in [6.45, 7) is 3.08. The molecule has 1 aliphatic heterocycles. The van der Waals surface area contributed by atoms with Crippen LogP contribution in [0.15, 0.2) is 41.4 Å². The Kier molecular flexibility index (Phi) is 6.08. The molecule has 1 fully saturated rings. The highest BCUT2D eigenvalue weighted by atomic mass is 127. The van der Waals surface area contributed by atoms with E-state index in [0.29, 0.717) is 0 Å². The maximum Gasteiger partial charge on any atom is 0.193 e. The molecular weight excluding hydrogens is 373 g/mol. The predicted molar refractivity (Wildman–Crippen MR) is 100 cm³/mol. The molecule has 1 aromatic carbocycles. The summed E-state index contributed by atoms with van der Waals surface area (Å²) >= 11 is 0. The van der Waals surface area contributed by atoms with Crippen LogP contribution in [-0.4, -0.2) is 37.5 Å². The van der Waals surface area contributed by atoms with Gasteiger partial charge in [0.25, 0.3) is 0 Å². The van der Waals surface area contributed by atoms with Crippen LogP contribution in [0.25, 0.3) is 5.57 Å². The van der Waals surface area contributed by atoms with Crippen molar-refractivity contribution in [2.24, 2.45) is 10.9 Å². The molecule has 1 aliphatic carbocycles. The number of nitrogens with zero attached hydrogens (tertiary/aromatic N) is 2. The number of guanidine groups is 1. The van der Waals surface area contributed by atoms with E-state index in [9.17, 15) is 0 Å². The average molecular weight is 397 g/mol. The molecule has 1 heterocycles. The Morgan fingerprint density at radius 3 is 2.62 bits per heavy atom. The molecular formula is C17H24IN3. The van der Waals surface area contributed by atoms with Crippen molar-refractivity contribution in [1.29, 1.82) is 0 Å². The van der Waals surface area contributed by atoms with Gasteiger partial charge in [-0.15, -0.1) is 24.0 Å². The van der Waals surface area contributed by atoms with Gasteiger partial charge >= 0.3 is 0 Å². The van der Waals surface area contributed by atoms with Crippen molar-refractivity contribution in [3.8, 4) is 0 Å². The fraction of sp³-hybridized carbons (Fsp3) is 0.471. The number of halogens is 1. The van der Waals surface area contributed by atoms with Crippen molar-refractivity contribution in [1.82, 2.24) is 10.2 Å². The minimum Gasteiger partial charge on any atom is -0.356 e. The van der Waals surface area contributed by atoms with E-state index in [0.717, 1.165) is 37.9 Å². The van der Waals surface area contributed by atoms with Gasteiger partial charge in [0.1, 0.15) is 0 Å². The Morgan fingerprint density at radius 2 is 2.05 bits per heavy atom. The number of nitrogens with one attached hydrogen (secondary N) is 1. The van der Waals surface area contributed by atoms with Crippen LogP contribution in [-0.2, 0) is 0 Å². The topological polar surface area (TPSA) is 27.6 Å². The van der Waals surface area contributed by atoms with Crippen LogP contribution in [0.2, 0.25) is 0 Å². The van der Waals surface area contributed by atoms with E-state index in [2.05, 4.69) is 51.6 Å². The van der Waals surface area contributed by atoms with Gasteiger partial charge in [0.05, 0.1) is 0 Å². The van der Waals surface area contributed by atoms with Gasteiger partial charge in [-0.3, -0.25) is 4.99 Å². The third-order valence-corrected chi connectivity index (χ3v) is 4.11. The van der Waals surface area contributed by atoms with Crippen molar-refractivity contribution in [2.75, 3.05) is 26.7 Å². The predicted octanol–water partition coefficient (Wildman–Crippen LogP) is 3.38. The summed E-state index contributed by atoms with van der Waals surface area (Å²) in [5.74, 6) is 1.94. The van der Waals surface area contributed by atoms with Crippen LogP contribution >= 0.6 is 24.0 Å². The first kappa shape index (κ1) is 16.3. The van der Waals surface area contributed by atoms with Gasteiger partial charge in [-0.05, 0) is 36.3 Å². The van der Waals surface area contributed by atoms with Crippen LogP contribution < -0.4 is 5.32 Å². The van der Waals surface area contributed by atoms with Crippen LogP contribution in [0.3, 0.4) is 0 Å². The van der Waals surface area contributed by atoms with Crippen LogP contribution in [0.4, 0.5) is 0 Å². The minimum atomic E-state index is 0. The minimum absolute atomic E-state index is 0. The molecule has 4 heteroatoms. The van der Waals surface area contributed by atoms with Gasteiger partial charge in [0.15, 0.2) is 5.96 Å². The lowest BCUT2D eigenvalue weighted by Gasteiger charge is -2.29. The molecule has 3 nitrogen and oxygen atoms in total. The van der Waals surface area contributed by atoms with E-state index in [4.69, 9.17) is 0 Å². The number of rotatable bonds is 3. The molecule has 2 aliphatic rings. The highest BCUT2D eigenvalue weighted by Gasteiger charge is 2.23. The van der Waals surface area contributed by atoms with E-state index >= 15 is 0 Å². The van der Waals surface area contributed by atoms with Gasteiger partial charge in [-0.2, -0.15) is 0 Å². The van der Waals surface area contributed by atoms with Gasteiger partial charge in [-0.1, -0.05) is 36.4 Å². The Morgan fingerprint density at radius 1 is 1.29 bits per heavy atom. The highest BCUT2D eigenvalue weighted by molar-refractivity contribution is 14.0. The molecule has 0 unspecified atom stereocenters. The number of hydrogen-bond donors (Lipinski definition) is 1. The van der Waals surface area contributed by atoms with Crippen LogP contribution in [0.1, 0.15) is 24.8 Å². The second kappa shape index (κ2) is 7.82. The second-order valence-electron chi connectivity index (χ2n) is 5.66. The standard InChI is InChI=1S/C17H23N3.HI/c1-18-17(19-13-14-7-8-14)20-11-9-16(10-12-20)15-5-3-2-4-6-15;/h2-6,9,14H,7-8,10-13H2,1H3,(H,18,19);1H. The third-order valence-electron chi connectivity index (χ3n) is 4.11. The molecule has 1 aromatic rings. The van der Waals surface area contributed by atoms with E-state index < -0.39 is 0 Å². The summed E-state index contributed by atoms with van der Waals surface area (Å²) < 4.78 is 0. The third kappa shape index (κ3) is 4.46. The fourth-order valence-corrected chi connectivity index (χ4v) is 2.67. The lowest BCUT2D eigenvalue weighted by atomic mass is 10.00. The number of hydrogen-bond acceptors (Lipinski definition) is 1. The molecule has 1 N–H and O–H groups in total. The van der Waals surface area contributed by atoms with E-state index in [1.165, 1.54) is 24.0 Å². The van der Waals surface area contributed by atoms with Crippen molar-refractivity contribution in [3.05, 3.63) is 42.0 Å². The molecule has 0 spiro atoms. The van der Waals surface area contributed by atoms with Gasteiger partial charge < -0.3 is 10.2 Å². The SMILES string of the molecule is CN=C(NCC1CC1)N1CC=C(c2ccccc2)CC1.I. The van der Waals surface area contributed by atoms with Crippen molar-refractivity contribution < 1.29 is 0 Å². The lowest BCUT2D eigenvalue weighted by Crippen LogP contribution is -2.44. The summed E-state index contributed by atoms with van der Waals surface area (Å²) in [5.41, 5.74) is 2.81. The van der Waals surface area contributed by atoms with Gasteiger partial charge in [0.2, 0.25) is 0 Å². The maximum atomic E-state index is 4.41. The molecule has 0 atom stereocenters.